The first-order valence-electron chi connectivity index (χ1n) is 35.6. The lowest BCUT2D eigenvalue weighted by Crippen LogP contribution is -2.47. The van der Waals surface area contributed by atoms with Crippen molar-refractivity contribution < 1.29 is 37.3 Å². The Balaban J connectivity index is 5.05. The fourth-order valence-corrected chi connectivity index (χ4v) is 11.1. The average molecular weight is 1190 g/mol. The summed E-state index contributed by atoms with van der Waals surface area (Å²) in [6.07, 6.45) is 80.6. The van der Waals surface area contributed by atoms with Crippen molar-refractivity contribution in [1.29, 1.82) is 0 Å². The summed E-state index contributed by atoms with van der Waals surface area (Å²) in [6.45, 7) is 6.83. The third-order valence-corrected chi connectivity index (χ3v) is 16.9. The molecule has 0 aromatic heterocycles. The van der Waals surface area contributed by atoms with Crippen LogP contribution in [0.1, 0.15) is 342 Å². The third-order valence-electron chi connectivity index (χ3n) is 15.9. The first kappa shape index (κ1) is 80.7. The number of amides is 1. The zero-order chi connectivity index (χ0) is 60.7. The number of nitrogens with one attached hydrogen (secondary N) is 1. The van der Waals surface area contributed by atoms with E-state index in [1.165, 1.54) is 225 Å². The standard InChI is InChI=1S/C73H137N2O7P/c1-7-10-13-16-19-22-25-28-30-32-33-34-35-36-37-38-39-40-41-43-45-48-51-54-57-60-63-66-73(77)82-71(64-61-58-55-52-49-46-27-24-21-18-15-12-9-3)70(69-81-83(78,79)80-68-67-75(4,5)6)74-72(76)65-62-59-56-53-50-47-44-42-31-29-26-23-20-17-14-11-8-2/h20,23,28-31,44,47,61,64,70-71H,7-19,21-22,24-27,32-43,45-46,48-60,62-63,65-69H2,1-6H3,(H-,74,76,78,79)/b23-20-,30-28+,31-29-,47-44-,64-61-. The molecule has 83 heavy (non-hydrogen) atoms. The lowest BCUT2D eigenvalue weighted by Gasteiger charge is -2.30. The SMILES string of the molecule is CCCCC/C=C\C/C=C\C/C=C\CCCCCCC(=O)NC(COP(=O)([O-])OCC[N+](C)(C)C)C(/C=C\CCCCCCCCCCCCC)OC(=O)CCCCCCCCCCCCCCCCCCC/C=C/CCCCCCCC. The Bertz CT molecular complexity index is 1600. The molecule has 1 amide bonds. The van der Waals surface area contributed by atoms with Crippen molar-refractivity contribution in [2.45, 2.75) is 354 Å². The first-order valence-corrected chi connectivity index (χ1v) is 37.1. The van der Waals surface area contributed by atoms with Crippen LogP contribution >= 0.6 is 7.82 Å². The van der Waals surface area contributed by atoms with Crippen LogP contribution < -0.4 is 10.2 Å². The van der Waals surface area contributed by atoms with E-state index >= 15 is 0 Å². The van der Waals surface area contributed by atoms with Crippen LogP contribution in [-0.2, 0) is 27.9 Å². The molecule has 0 aromatic carbocycles. The van der Waals surface area contributed by atoms with E-state index < -0.39 is 26.6 Å². The van der Waals surface area contributed by atoms with E-state index in [1.807, 2.05) is 33.3 Å². The number of carbonyl (C=O) groups excluding carboxylic acids is 2. The molecule has 0 aromatic rings. The second-order valence-corrected chi connectivity index (χ2v) is 26.8. The van der Waals surface area contributed by atoms with Gasteiger partial charge in [-0.25, -0.2) is 0 Å². The maximum Gasteiger partial charge on any atom is 0.306 e. The van der Waals surface area contributed by atoms with Crippen molar-refractivity contribution in [2.24, 2.45) is 0 Å². The van der Waals surface area contributed by atoms with Crippen LogP contribution in [0.4, 0.5) is 0 Å². The number of rotatable bonds is 65. The molecular formula is C73H137N2O7P. The first-order chi connectivity index (χ1) is 40.4. The number of hydrogen-bond acceptors (Lipinski definition) is 7. The lowest BCUT2D eigenvalue weighted by atomic mass is 10.0. The van der Waals surface area contributed by atoms with Gasteiger partial charge in [0.25, 0.3) is 7.82 Å². The van der Waals surface area contributed by atoms with Gasteiger partial charge in [-0.05, 0) is 96.0 Å². The van der Waals surface area contributed by atoms with Crippen molar-refractivity contribution >= 4 is 19.7 Å². The molecule has 0 aliphatic heterocycles. The van der Waals surface area contributed by atoms with Crippen LogP contribution in [-0.4, -0.2) is 69.4 Å². The monoisotopic (exact) mass is 1190 g/mol. The molecule has 0 aliphatic carbocycles. The minimum Gasteiger partial charge on any atom is -0.756 e. The van der Waals surface area contributed by atoms with Gasteiger partial charge < -0.3 is 28.5 Å². The van der Waals surface area contributed by atoms with Crippen LogP contribution in [0, 0.1) is 0 Å². The van der Waals surface area contributed by atoms with E-state index in [4.69, 9.17) is 13.8 Å². The van der Waals surface area contributed by atoms with Gasteiger partial charge in [0.05, 0.1) is 33.8 Å². The molecular weight excluding hydrogens is 1050 g/mol. The lowest BCUT2D eigenvalue weighted by molar-refractivity contribution is -0.870. The van der Waals surface area contributed by atoms with Gasteiger partial charge in [-0.2, -0.15) is 0 Å². The summed E-state index contributed by atoms with van der Waals surface area (Å²) >= 11 is 0. The number of hydrogen-bond donors (Lipinski definition) is 1. The topological polar surface area (TPSA) is 114 Å². The Morgan fingerprint density at radius 1 is 0.422 bits per heavy atom. The molecule has 0 bridgehead atoms. The summed E-state index contributed by atoms with van der Waals surface area (Å²) in [7, 11) is 1.18. The van der Waals surface area contributed by atoms with Gasteiger partial charge in [0.1, 0.15) is 19.3 Å². The minimum atomic E-state index is -4.71. The molecule has 0 saturated carbocycles. The Kier molecular flexibility index (Phi) is 61.0. The molecule has 1 N–H and O–H groups in total. The summed E-state index contributed by atoms with van der Waals surface area (Å²) in [5, 5.41) is 3.03. The number of quaternary nitrogens is 1. The summed E-state index contributed by atoms with van der Waals surface area (Å²) in [6, 6.07) is -0.901. The Labute approximate surface area is 515 Å². The molecule has 0 spiro atoms. The van der Waals surface area contributed by atoms with Gasteiger partial charge in [0.2, 0.25) is 5.91 Å². The van der Waals surface area contributed by atoms with Crippen LogP contribution in [0.2, 0.25) is 0 Å². The van der Waals surface area contributed by atoms with Crippen LogP contribution in [0.3, 0.4) is 0 Å². The van der Waals surface area contributed by atoms with Crippen molar-refractivity contribution in [3.05, 3.63) is 60.8 Å². The molecule has 0 radical (unpaired) electrons. The van der Waals surface area contributed by atoms with Gasteiger partial charge in [-0.1, -0.05) is 294 Å². The second kappa shape index (κ2) is 62.8. The Morgan fingerprint density at radius 2 is 0.735 bits per heavy atom. The number of esters is 1. The Hall–Kier alpha value is -2.29. The fourth-order valence-electron chi connectivity index (χ4n) is 10.4. The van der Waals surface area contributed by atoms with Crippen LogP contribution in [0.15, 0.2) is 60.8 Å². The number of phosphoric acid groups is 1. The predicted molar refractivity (Wildman–Crippen MR) is 358 cm³/mol. The van der Waals surface area contributed by atoms with E-state index in [0.717, 1.165) is 77.0 Å². The number of nitrogens with zero attached hydrogens (tertiary/aromatic N) is 1. The highest BCUT2D eigenvalue weighted by Crippen LogP contribution is 2.38. The number of phosphoric ester groups is 1. The molecule has 0 heterocycles. The molecule has 486 valence electrons. The largest absolute Gasteiger partial charge is 0.756 e. The maximum atomic E-state index is 13.6. The average Bonchev–Trinajstić information content (AvgIpc) is 3.46. The third kappa shape index (κ3) is 64.0. The number of allylic oxidation sites excluding steroid dienone is 9. The highest BCUT2D eigenvalue weighted by Gasteiger charge is 2.27. The Morgan fingerprint density at radius 3 is 1.13 bits per heavy atom. The second-order valence-electron chi connectivity index (χ2n) is 25.4. The number of carbonyl (C=O) groups is 2. The number of unbranched alkanes of at least 4 members (excludes halogenated alkanes) is 41. The minimum absolute atomic E-state index is 0.0268. The molecule has 0 saturated heterocycles. The van der Waals surface area contributed by atoms with Gasteiger partial charge in [-0.3, -0.25) is 14.2 Å². The van der Waals surface area contributed by atoms with Gasteiger partial charge in [0.15, 0.2) is 0 Å². The van der Waals surface area contributed by atoms with E-state index in [9.17, 15) is 19.0 Å². The molecule has 9 nitrogen and oxygen atoms in total. The van der Waals surface area contributed by atoms with Gasteiger partial charge >= 0.3 is 5.97 Å². The zero-order valence-electron chi connectivity index (χ0n) is 55.7. The van der Waals surface area contributed by atoms with Gasteiger partial charge in [0, 0.05) is 12.8 Å². The molecule has 3 unspecified atom stereocenters. The van der Waals surface area contributed by atoms with Crippen LogP contribution in [0.25, 0.3) is 0 Å². The fraction of sp³-hybridized carbons (Fsp3) is 0.836. The predicted octanol–water partition coefficient (Wildman–Crippen LogP) is 21.9. The molecule has 10 heteroatoms. The normalized spacial score (nSPS) is 13.9. The molecule has 0 aliphatic rings. The summed E-state index contributed by atoms with van der Waals surface area (Å²) < 4.78 is 30.4. The quantitative estimate of drug-likeness (QED) is 0.0212. The van der Waals surface area contributed by atoms with Crippen molar-refractivity contribution in [1.82, 2.24) is 5.32 Å². The maximum absolute atomic E-state index is 13.6. The molecule has 0 fully saturated rings. The number of likely N-dealkylation sites (N-methyl/N-ethyl adjacent to an activating group) is 1. The number of ether oxygens (including phenoxy) is 1. The summed E-state index contributed by atoms with van der Waals surface area (Å²) in [5.74, 6) is -0.553. The summed E-state index contributed by atoms with van der Waals surface area (Å²) in [4.78, 5) is 40.2. The molecule has 3 atom stereocenters. The summed E-state index contributed by atoms with van der Waals surface area (Å²) in [5.41, 5.74) is 0. The molecule has 0 rings (SSSR count). The van der Waals surface area contributed by atoms with Crippen LogP contribution in [0.5, 0.6) is 0 Å². The highest BCUT2D eigenvalue weighted by atomic mass is 31.2. The van der Waals surface area contributed by atoms with Crippen molar-refractivity contribution in [2.75, 3.05) is 40.9 Å². The van der Waals surface area contributed by atoms with E-state index in [2.05, 4.69) is 74.7 Å². The highest BCUT2D eigenvalue weighted by molar-refractivity contribution is 7.45. The van der Waals surface area contributed by atoms with Crippen molar-refractivity contribution in [3.63, 3.8) is 0 Å². The van der Waals surface area contributed by atoms with E-state index in [-0.39, 0.29) is 24.9 Å². The smallest absolute Gasteiger partial charge is 0.306 e. The van der Waals surface area contributed by atoms with Gasteiger partial charge in [-0.15, -0.1) is 0 Å². The zero-order valence-corrected chi connectivity index (χ0v) is 56.6. The van der Waals surface area contributed by atoms with Crippen molar-refractivity contribution in [3.8, 4) is 0 Å². The van der Waals surface area contributed by atoms with E-state index in [1.54, 1.807) is 0 Å². The van der Waals surface area contributed by atoms with E-state index in [0.29, 0.717) is 23.9 Å².